The molecule has 0 N–H and O–H groups in total. The standard InChI is InChI=1S/C11H10Cl2S2/c1-6-3-4-14-10(6)9(12)8-5-7(2)11(13)15-8/h3-5,9H,1-2H3. The third-order valence-electron chi connectivity index (χ3n) is 2.26. The van der Waals surface area contributed by atoms with Gasteiger partial charge in [0.1, 0.15) is 5.38 Å². The van der Waals surface area contributed by atoms with Crippen molar-refractivity contribution in [3.8, 4) is 0 Å². The zero-order valence-corrected chi connectivity index (χ0v) is 11.5. The van der Waals surface area contributed by atoms with E-state index >= 15 is 0 Å². The Bertz CT molecular complexity index is 451. The molecule has 0 bridgehead atoms. The van der Waals surface area contributed by atoms with Crippen molar-refractivity contribution in [2.24, 2.45) is 0 Å². The van der Waals surface area contributed by atoms with E-state index < -0.39 is 0 Å². The molecule has 0 saturated heterocycles. The summed E-state index contributed by atoms with van der Waals surface area (Å²) in [6.07, 6.45) is 0. The SMILES string of the molecule is Cc1cc(C(Cl)c2sccc2C)sc1Cl. The molecule has 2 aromatic heterocycles. The summed E-state index contributed by atoms with van der Waals surface area (Å²) in [5.74, 6) is 0. The zero-order valence-electron chi connectivity index (χ0n) is 8.38. The lowest BCUT2D eigenvalue weighted by molar-refractivity contribution is 1.20. The van der Waals surface area contributed by atoms with Crippen LogP contribution in [0.15, 0.2) is 17.5 Å². The van der Waals surface area contributed by atoms with Crippen LogP contribution >= 0.6 is 45.9 Å². The molecule has 0 fully saturated rings. The first-order chi connectivity index (χ1) is 7.09. The van der Waals surface area contributed by atoms with Gasteiger partial charge in [-0.25, -0.2) is 0 Å². The van der Waals surface area contributed by atoms with Crippen molar-refractivity contribution in [3.63, 3.8) is 0 Å². The van der Waals surface area contributed by atoms with Crippen molar-refractivity contribution in [3.05, 3.63) is 42.7 Å². The molecule has 2 rings (SSSR count). The van der Waals surface area contributed by atoms with Crippen LogP contribution in [0.3, 0.4) is 0 Å². The molecule has 0 aromatic carbocycles. The van der Waals surface area contributed by atoms with Crippen LogP contribution in [0.5, 0.6) is 0 Å². The van der Waals surface area contributed by atoms with Crippen LogP contribution in [0.2, 0.25) is 4.34 Å². The fourth-order valence-corrected chi connectivity index (χ4v) is 4.10. The van der Waals surface area contributed by atoms with E-state index in [0.717, 1.165) is 14.8 Å². The van der Waals surface area contributed by atoms with Crippen molar-refractivity contribution in [1.82, 2.24) is 0 Å². The molecule has 0 spiro atoms. The van der Waals surface area contributed by atoms with Gasteiger partial charge >= 0.3 is 0 Å². The highest BCUT2D eigenvalue weighted by Gasteiger charge is 2.17. The molecule has 2 heterocycles. The summed E-state index contributed by atoms with van der Waals surface area (Å²) in [5, 5.41) is 2.02. The van der Waals surface area contributed by atoms with Gasteiger partial charge in [0, 0.05) is 9.75 Å². The number of thiophene rings is 2. The Hall–Kier alpha value is -0.0200. The molecule has 0 radical (unpaired) electrons. The molecule has 1 atom stereocenters. The highest BCUT2D eigenvalue weighted by atomic mass is 35.5. The van der Waals surface area contributed by atoms with Crippen LogP contribution in [-0.2, 0) is 0 Å². The van der Waals surface area contributed by atoms with Crippen LogP contribution in [-0.4, -0.2) is 0 Å². The van der Waals surface area contributed by atoms with Crippen molar-refractivity contribution in [1.29, 1.82) is 0 Å². The Balaban J connectivity index is 2.36. The van der Waals surface area contributed by atoms with Crippen molar-refractivity contribution >= 4 is 45.9 Å². The maximum absolute atomic E-state index is 6.43. The number of alkyl halides is 1. The largest absolute Gasteiger partial charge is 0.147 e. The average molecular weight is 277 g/mol. The van der Waals surface area contributed by atoms with Crippen LogP contribution in [0.1, 0.15) is 26.3 Å². The Morgan fingerprint density at radius 2 is 2.00 bits per heavy atom. The highest BCUT2D eigenvalue weighted by molar-refractivity contribution is 7.17. The van der Waals surface area contributed by atoms with E-state index in [2.05, 4.69) is 24.4 Å². The minimum absolute atomic E-state index is 0.0544. The summed E-state index contributed by atoms with van der Waals surface area (Å²) in [4.78, 5) is 2.35. The van der Waals surface area contributed by atoms with Gasteiger partial charge in [-0.3, -0.25) is 0 Å². The van der Waals surface area contributed by atoms with Gasteiger partial charge in [0.25, 0.3) is 0 Å². The molecule has 80 valence electrons. The van der Waals surface area contributed by atoms with Gasteiger partial charge in [0.05, 0.1) is 4.34 Å². The molecule has 0 aliphatic carbocycles. The fraction of sp³-hybridized carbons (Fsp3) is 0.273. The third kappa shape index (κ3) is 2.23. The summed E-state index contributed by atoms with van der Waals surface area (Å²) in [6.45, 7) is 4.09. The molecule has 0 aliphatic rings. The van der Waals surface area contributed by atoms with E-state index in [1.807, 2.05) is 6.92 Å². The average Bonchev–Trinajstić information content (AvgIpc) is 2.74. The molecule has 4 heteroatoms. The zero-order chi connectivity index (χ0) is 11.0. The van der Waals surface area contributed by atoms with Gasteiger partial charge < -0.3 is 0 Å². The summed E-state index contributed by atoms with van der Waals surface area (Å²) in [7, 11) is 0. The van der Waals surface area contributed by atoms with Crippen molar-refractivity contribution in [2.45, 2.75) is 19.2 Å². The first-order valence-corrected chi connectivity index (χ1v) is 7.04. The summed E-state index contributed by atoms with van der Waals surface area (Å²) in [5.41, 5.74) is 2.36. The molecule has 0 saturated carbocycles. The Morgan fingerprint density at radius 1 is 1.27 bits per heavy atom. The molecule has 15 heavy (non-hydrogen) atoms. The van der Waals surface area contributed by atoms with E-state index in [9.17, 15) is 0 Å². The van der Waals surface area contributed by atoms with Gasteiger partial charge in [-0.1, -0.05) is 11.6 Å². The van der Waals surface area contributed by atoms with Crippen molar-refractivity contribution in [2.75, 3.05) is 0 Å². The van der Waals surface area contributed by atoms with Crippen LogP contribution in [0.4, 0.5) is 0 Å². The molecule has 0 nitrogen and oxygen atoms in total. The molecule has 0 aliphatic heterocycles. The monoisotopic (exact) mass is 276 g/mol. The molecular weight excluding hydrogens is 267 g/mol. The van der Waals surface area contributed by atoms with Gasteiger partial charge in [-0.2, -0.15) is 0 Å². The van der Waals surface area contributed by atoms with Crippen LogP contribution in [0.25, 0.3) is 0 Å². The second-order valence-electron chi connectivity index (χ2n) is 3.44. The minimum Gasteiger partial charge on any atom is -0.147 e. The number of hydrogen-bond donors (Lipinski definition) is 0. The van der Waals surface area contributed by atoms with Gasteiger partial charge in [-0.15, -0.1) is 34.3 Å². The highest BCUT2D eigenvalue weighted by Crippen LogP contribution is 2.40. The predicted octanol–water partition coefficient (Wildman–Crippen LogP) is 5.41. The summed E-state index contributed by atoms with van der Waals surface area (Å²) >= 11 is 15.7. The first kappa shape index (κ1) is 11.5. The summed E-state index contributed by atoms with van der Waals surface area (Å²) in [6, 6.07) is 4.17. The lowest BCUT2D eigenvalue weighted by Gasteiger charge is -2.05. The number of aryl methyl sites for hydroxylation is 2. The van der Waals surface area contributed by atoms with Gasteiger partial charge in [0.15, 0.2) is 0 Å². The lowest BCUT2D eigenvalue weighted by atomic mass is 10.2. The van der Waals surface area contributed by atoms with Crippen molar-refractivity contribution < 1.29 is 0 Å². The normalized spacial score (nSPS) is 13.1. The van der Waals surface area contributed by atoms with E-state index in [4.69, 9.17) is 23.2 Å². The maximum atomic E-state index is 6.43. The molecule has 0 amide bonds. The first-order valence-electron chi connectivity index (χ1n) is 4.53. The number of halogens is 2. The smallest absolute Gasteiger partial charge is 0.102 e. The van der Waals surface area contributed by atoms with Gasteiger partial charge in [0.2, 0.25) is 0 Å². The topological polar surface area (TPSA) is 0 Å². The summed E-state index contributed by atoms with van der Waals surface area (Å²) < 4.78 is 0.838. The Labute approximate surface area is 107 Å². The number of hydrogen-bond acceptors (Lipinski definition) is 2. The Kier molecular flexibility index (Phi) is 3.41. The lowest BCUT2D eigenvalue weighted by Crippen LogP contribution is -1.87. The van der Waals surface area contributed by atoms with E-state index in [1.165, 1.54) is 10.4 Å². The second-order valence-corrected chi connectivity index (χ2v) is 6.51. The minimum atomic E-state index is -0.0544. The Morgan fingerprint density at radius 3 is 2.47 bits per heavy atom. The van der Waals surface area contributed by atoms with E-state index in [1.54, 1.807) is 22.7 Å². The second kappa shape index (κ2) is 4.46. The van der Waals surface area contributed by atoms with Crippen LogP contribution < -0.4 is 0 Å². The molecular formula is C11H10Cl2S2. The van der Waals surface area contributed by atoms with Crippen LogP contribution in [0, 0.1) is 13.8 Å². The maximum Gasteiger partial charge on any atom is 0.102 e. The third-order valence-corrected chi connectivity index (χ3v) is 5.67. The van der Waals surface area contributed by atoms with E-state index in [0.29, 0.717) is 0 Å². The quantitative estimate of drug-likeness (QED) is 0.644. The predicted molar refractivity (Wildman–Crippen MR) is 70.8 cm³/mol. The molecule has 1 unspecified atom stereocenters. The fourth-order valence-electron chi connectivity index (χ4n) is 1.38. The van der Waals surface area contributed by atoms with Gasteiger partial charge in [-0.05, 0) is 42.5 Å². The number of rotatable bonds is 2. The molecule has 2 aromatic rings. The van der Waals surface area contributed by atoms with E-state index in [-0.39, 0.29) is 5.38 Å².